The van der Waals surface area contributed by atoms with Gasteiger partial charge in [-0.05, 0) is 70.5 Å². The number of guanidine groups is 1. The molecule has 0 unspecified atom stereocenters. The molecule has 1 aliphatic rings. The standard InChI is InChI=1S/C19H33N5OS/c1-19(2,3)23-17(25)14-24-10-7-15(8-11-24)13-22-18(20)21-9-6-16-5-4-12-26-16/h4-5,12,15H,6-11,13-14H2,1-3H3,(H,23,25)(H3,20,21,22). The third kappa shape index (κ3) is 8.19. The topological polar surface area (TPSA) is 82.8 Å². The maximum atomic E-state index is 12.0. The molecule has 1 aliphatic heterocycles. The monoisotopic (exact) mass is 379 g/mol. The van der Waals surface area contributed by atoms with Crippen LogP contribution in [-0.4, -0.2) is 55.0 Å². The van der Waals surface area contributed by atoms with Crippen LogP contribution >= 0.6 is 11.3 Å². The molecule has 1 aromatic rings. The van der Waals surface area contributed by atoms with Gasteiger partial charge in [0.15, 0.2) is 5.96 Å². The Balaban J connectivity index is 1.61. The number of piperidine rings is 1. The predicted molar refractivity (Wildman–Crippen MR) is 110 cm³/mol. The van der Waals surface area contributed by atoms with Crippen LogP contribution in [0.15, 0.2) is 22.5 Å². The van der Waals surface area contributed by atoms with E-state index in [0.29, 0.717) is 18.4 Å². The van der Waals surface area contributed by atoms with Gasteiger partial charge in [-0.1, -0.05) is 6.07 Å². The van der Waals surface area contributed by atoms with Crippen molar-refractivity contribution in [3.05, 3.63) is 22.4 Å². The molecule has 1 amide bonds. The molecule has 0 bridgehead atoms. The molecule has 1 fully saturated rings. The van der Waals surface area contributed by atoms with E-state index in [1.165, 1.54) is 4.88 Å². The summed E-state index contributed by atoms with van der Waals surface area (Å²) in [4.78, 5) is 20.1. The summed E-state index contributed by atoms with van der Waals surface area (Å²) in [6.07, 6.45) is 3.10. The quantitative estimate of drug-likeness (QED) is 0.498. The van der Waals surface area contributed by atoms with Crippen LogP contribution in [-0.2, 0) is 11.2 Å². The number of hydrogen-bond acceptors (Lipinski definition) is 4. The molecule has 26 heavy (non-hydrogen) atoms. The third-order valence-electron chi connectivity index (χ3n) is 4.37. The number of nitrogens with zero attached hydrogens (tertiary/aromatic N) is 2. The molecule has 6 nitrogen and oxygen atoms in total. The Morgan fingerprint density at radius 3 is 2.73 bits per heavy atom. The zero-order valence-corrected chi connectivity index (χ0v) is 17.1. The summed E-state index contributed by atoms with van der Waals surface area (Å²) in [7, 11) is 0. The van der Waals surface area contributed by atoms with Crippen molar-refractivity contribution in [3.8, 4) is 0 Å². The second-order valence-electron chi connectivity index (χ2n) is 8.00. The Hall–Kier alpha value is -1.60. The minimum absolute atomic E-state index is 0.105. The first kappa shape index (κ1) is 20.7. The summed E-state index contributed by atoms with van der Waals surface area (Å²) < 4.78 is 0. The number of thiophene rings is 1. The fourth-order valence-corrected chi connectivity index (χ4v) is 3.75. The van der Waals surface area contributed by atoms with Crippen molar-refractivity contribution in [2.75, 3.05) is 32.7 Å². The minimum atomic E-state index is -0.169. The average molecular weight is 380 g/mol. The second kappa shape index (κ2) is 9.92. The summed E-state index contributed by atoms with van der Waals surface area (Å²) in [6.45, 7) is 9.99. The zero-order chi connectivity index (χ0) is 19.0. The van der Waals surface area contributed by atoms with E-state index in [4.69, 9.17) is 5.73 Å². The zero-order valence-electron chi connectivity index (χ0n) is 16.3. The van der Waals surface area contributed by atoms with E-state index in [9.17, 15) is 4.79 Å². The van der Waals surface area contributed by atoms with Crippen molar-refractivity contribution in [1.29, 1.82) is 0 Å². The van der Waals surface area contributed by atoms with Gasteiger partial charge >= 0.3 is 0 Å². The highest BCUT2D eigenvalue weighted by Crippen LogP contribution is 2.17. The van der Waals surface area contributed by atoms with Gasteiger partial charge in [-0.25, -0.2) is 0 Å². The number of rotatable bonds is 7. The van der Waals surface area contributed by atoms with Gasteiger partial charge in [0.05, 0.1) is 6.54 Å². The Bertz CT molecular complexity index is 571. The van der Waals surface area contributed by atoms with E-state index >= 15 is 0 Å². The molecule has 2 heterocycles. The molecule has 1 aromatic heterocycles. The number of carbonyl (C=O) groups excluding carboxylic acids is 1. The molecular formula is C19H33N5OS. The number of nitrogens with one attached hydrogen (secondary N) is 2. The van der Waals surface area contributed by atoms with Gasteiger partial charge in [0.25, 0.3) is 0 Å². The number of carbonyl (C=O) groups is 1. The molecule has 1 saturated heterocycles. The van der Waals surface area contributed by atoms with E-state index in [2.05, 4.69) is 38.0 Å². The Morgan fingerprint density at radius 2 is 2.12 bits per heavy atom. The van der Waals surface area contributed by atoms with Crippen molar-refractivity contribution in [2.45, 2.75) is 45.6 Å². The highest BCUT2D eigenvalue weighted by atomic mass is 32.1. The summed E-state index contributed by atoms with van der Waals surface area (Å²) in [5.41, 5.74) is 5.79. The number of nitrogens with two attached hydrogens (primary N) is 1. The van der Waals surface area contributed by atoms with E-state index in [0.717, 1.165) is 45.4 Å². The third-order valence-corrected chi connectivity index (χ3v) is 5.30. The van der Waals surface area contributed by atoms with E-state index < -0.39 is 0 Å². The smallest absolute Gasteiger partial charge is 0.234 e. The summed E-state index contributed by atoms with van der Waals surface area (Å²) >= 11 is 1.76. The van der Waals surface area contributed by atoms with Crippen LogP contribution in [0.4, 0.5) is 0 Å². The molecule has 0 aromatic carbocycles. The molecule has 0 radical (unpaired) electrons. The van der Waals surface area contributed by atoms with Gasteiger partial charge in [-0.2, -0.15) is 0 Å². The van der Waals surface area contributed by atoms with Crippen LogP contribution in [0.2, 0.25) is 0 Å². The molecule has 4 N–H and O–H groups in total. The molecule has 0 atom stereocenters. The molecule has 0 aliphatic carbocycles. The van der Waals surface area contributed by atoms with Crippen LogP contribution in [0.25, 0.3) is 0 Å². The van der Waals surface area contributed by atoms with Crippen molar-refractivity contribution < 1.29 is 4.79 Å². The van der Waals surface area contributed by atoms with Crippen LogP contribution in [0.5, 0.6) is 0 Å². The van der Waals surface area contributed by atoms with Gasteiger partial charge in [0, 0.05) is 23.5 Å². The fraction of sp³-hybridized carbons (Fsp3) is 0.684. The lowest BCUT2D eigenvalue weighted by Crippen LogP contribution is -2.47. The van der Waals surface area contributed by atoms with Gasteiger partial charge in [0.2, 0.25) is 5.91 Å². The number of aliphatic imine (C=N–C) groups is 1. The van der Waals surface area contributed by atoms with E-state index in [1.807, 2.05) is 20.8 Å². The average Bonchev–Trinajstić information content (AvgIpc) is 3.06. The molecule has 7 heteroatoms. The fourth-order valence-electron chi connectivity index (χ4n) is 3.04. The van der Waals surface area contributed by atoms with Gasteiger partial charge in [0.1, 0.15) is 0 Å². The van der Waals surface area contributed by atoms with Crippen LogP contribution in [0.3, 0.4) is 0 Å². The summed E-state index contributed by atoms with van der Waals surface area (Å²) in [6, 6.07) is 4.20. The Morgan fingerprint density at radius 1 is 1.38 bits per heavy atom. The largest absolute Gasteiger partial charge is 0.370 e. The van der Waals surface area contributed by atoms with Gasteiger partial charge in [-0.3, -0.25) is 14.7 Å². The lowest BCUT2D eigenvalue weighted by molar-refractivity contribution is -0.124. The first-order chi connectivity index (χ1) is 12.3. The number of amides is 1. The molecular weight excluding hydrogens is 346 g/mol. The highest BCUT2D eigenvalue weighted by molar-refractivity contribution is 7.09. The lowest BCUT2D eigenvalue weighted by Gasteiger charge is -2.31. The van der Waals surface area contributed by atoms with Crippen molar-refractivity contribution in [2.24, 2.45) is 16.6 Å². The summed E-state index contributed by atoms with van der Waals surface area (Å²) in [5.74, 6) is 1.19. The van der Waals surface area contributed by atoms with E-state index in [-0.39, 0.29) is 11.4 Å². The Labute approximate surface area is 161 Å². The highest BCUT2D eigenvalue weighted by Gasteiger charge is 2.22. The van der Waals surface area contributed by atoms with Crippen LogP contribution < -0.4 is 16.4 Å². The maximum Gasteiger partial charge on any atom is 0.234 e. The van der Waals surface area contributed by atoms with Crippen molar-refractivity contribution in [3.63, 3.8) is 0 Å². The molecule has 146 valence electrons. The summed E-state index contributed by atoms with van der Waals surface area (Å²) in [5, 5.41) is 8.30. The second-order valence-corrected chi connectivity index (χ2v) is 9.03. The van der Waals surface area contributed by atoms with E-state index in [1.54, 1.807) is 11.3 Å². The van der Waals surface area contributed by atoms with Gasteiger partial charge < -0.3 is 16.4 Å². The number of likely N-dealkylation sites (tertiary alicyclic amines) is 1. The van der Waals surface area contributed by atoms with Crippen LogP contribution in [0, 0.1) is 5.92 Å². The minimum Gasteiger partial charge on any atom is -0.370 e. The molecule has 2 rings (SSSR count). The Kier molecular flexibility index (Phi) is 7.90. The maximum absolute atomic E-state index is 12.0. The van der Waals surface area contributed by atoms with Gasteiger partial charge in [-0.15, -0.1) is 11.3 Å². The normalized spacial score (nSPS) is 17.3. The predicted octanol–water partition coefficient (Wildman–Crippen LogP) is 1.82. The SMILES string of the molecule is CC(C)(C)NC(=O)CN1CCC(CN=C(N)NCCc2cccs2)CC1. The van der Waals surface area contributed by atoms with Crippen molar-refractivity contribution >= 4 is 23.2 Å². The number of hydrogen-bond donors (Lipinski definition) is 3. The van der Waals surface area contributed by atoms with Crippen LogP contribution in [0.1, 0.15) is 38.5 Å². The lowest BCUT2D eigenvalue weighted by atomic mass is 9.97. The first-order valence-electron chi connectivity index (χ1n) is 9.41. The first-order valence-corrected chi connectivity index (χ1v) is 10.3. The molecule has 0 saturated carbocycles. The van der Waals surface area contributed by atoms with Crippen molar-refractivity contribution in [1.82, 2.24) is 15.5 Å². The molecule has 0 spiro atoms.